The maximum absolute atomic E-state index is 12.3. The Balaban J connectivity index is 1.94. The maximum Gasteiger partial charge on any atom is 0.276 e. The average Bonchev–Trinajstić information content (AvgIpc) is 2.59. The van der Waals surface area contributed by atoms with E-state index >= 15 is 0 Å². The zero-order valence-electron chi connectivity index (χ0n) is 13.8. The van der Waals surface area contributed by atoms with Gasteiger partial charge in [0.25, 0.3) is 5.91 Å². The average molecular weight is 312 g/mol. The Morgan fingerprint density at radius 2 is 1.87 bits per heavy atom. The minimum Gasteiger partial charge on any atom is -0.369 e. The van der Waals surface area contributed by atoms with Gasteiger partial charge in [0.2, 0.25) is 0 Å². The molecule has 0 unspecified atom stereocenters. The molecule has 0 atom stereocenters. The molecule has 1 aromatic carbocycles. The van der Waals surface area contributed by atoms with E-state index in [1.54, 1.807) is 12.1 Å². The van der Waals surface area contributed by atoms with Crippen molar-refractivity contribution in [3.63, 3.8) is 0 Å². The van der Waals surface area contributed by atoms with Crippen molar-refractivity contribution < 1.29 is 4.79 Å². The Kier molecular flexibility index (Phi) is 6.54. The van der Waals surface area contributed by atoms with Gasteiger partial charge in [-0.2, -0.15) is 0 Å². The fraction of sp³-hybridized carbons (Fsp3) is 0.389. The first-order chi connectivity index (χ1) is 11.2. The molecule has 0 radical (unpaired) electrons. The first kappa shape index (κ1) is 16.9. The van der Waals surface area contributed by atoms with E-state index in [0.29, 0.717) is 11.5 Å². The molecule has 0 aliphatic carbocycles. The molecule has 2 aromatic rings. The number of nitrogens with zero attached hydrogens (tertiary/aromatic N) is 2. The smallest absolute Gasteiger partial charge is 0.276 e. The monoisotopic (exact) mass is 312 g/mol. The van der Waals surface area contributed by atoms with E-state index < -0.39 is 0 Å². The maximum atomic E-state index is 12.3. The molecule has 0 saturated heterocycles. The van der Waals surface area contributed by atoms with Crippen molar-refractivity contribution in [2.75, 3.05) is 17.2 Å². The van der Waals surface area contributed by atoms with Gasteiger partial charge in [0.15, 0.2) is 5.69 Å². The highest BCUT2D eigenvalue weighted by molar-refractivity contribution is 6.03. The SMILES string of the molecule is CCCCCNc1ccc(C(=O)Nc2ccccc2CC)nn1. The summed E-state index contributed by atoms with van der Waals surface area (Å²) in [6, 6.07) is 11.3. The molecule has 1 aromatic heterocycles. The van der Waals surface area contributed by atoms with Crippen molar-refractivity contribution in [2.24, 2.45) is 0 Å². The largest absolute Gasteiger partial charge is 0.369 e. The van der Waals surface area contributed by atoms with Gasteiger partial charge >= 0.3 is 0 Å². The Morgan fingerprint density at radius 1 is 1.04 bits per heavy atom. The molecular formula is C18H24N4O. The van der Waals surface area contributed by atoms with Gasteiger partial charge in [-0.3, -0.25) is 4.79 Å². The van der Waals surface area contributed by atoms with Gasteiger partial charge in [-0.15, -0.1) is 10.2 Å². The Morgan fingerprint density at radius 3 is 2.57 bits per heavy atom. The Hall–Kier alpha value is -2.43. The number of benzene rings is 1. The number of nitrogens with one attached hydrogen (secondary N) is 2. The third kappa shape index (κ3) is 5.06. The Labute approximate surface area is 137 Å². The zero-order chi connectivity index (χ0) is 16.5. The highest BCUT2D eigenvalue weighted by Crippen LogP contribution is 2.16. The topological polar surface area (TPSA) is 66.9 Å². The van der Waals surface area contributed by atoms with Crippen LogP contribution >= 0.6 is 0 Å². The number of para-hydroxylation sites is 1. The normalized spacial score (nSPS) is 10.3. The van der Waals surface area contributed by atoms with Crippen LogP contribution in [0.4, 0.5) is 11.5 Å². The molecule has 2 rings (SSSR count). The second kappa shape index (κ2) is 8.88. The summed E-state index contributed by atoms with van der Waals surface area (Å²) in [6.45, 7) is 5.10. The number of hydrogen-bond donors (Lipinski definition) is 2. The minimum absolute atomic E-state index is 0.240. The molecule has 1 amide bonds. The van der Waals surface area contributed by atoms with Crippen LogP contribution in [0.25, 0.3) is 0 Å². The molecule has 5 nitrogen and oxygen atoms in total. The molecule has 0 spiro atoms. The molecule has 0 fully saturated rings. The van der Waals surface area contributed by atoms with Gasteiger partial charge in [-0.25, -0.2) is 0 Å². The molecule has 5 heteroatoms. The molecule has 122 valence electrons. The summed E-state index contributed by atoms with van der Waals surface area (Å²) in [5.41, 5.74) is 2.24. The van der Waals surface area contributed by atoms with Gasteiger partial charge < -0.3 is 10.6 Å². The van der Waals surface area contributed by atoms with Gasteiger partial charge in [0, 0.05) is 12.2 Å². The summed E-state index contributed by atoms with van der Waals surface area (Å²) in [7, 11) is 0. The summed E-state index contributed by atoms with van der Waals surface area (Å²) in [5.74, 6) is 0.461. The lowest BCUT2D eigenvalue weighted by atomic mass is 10.1. The summed E-state index contributed by atoms with van der Waals surface area (Å²) in [5, 5.41) is 14.2. The van der Waals surface area contributed by atoms with Crippen molar-refractivity contribution in [1.82, 2.24) is 10.2 Å². The third-order valence-corrected chi connectivity index (χ3v) is 3.63. The van der Waals surface area contributed by atoms with E-state index in [9.17, 15) is 4.79 Å². The molecule has 23 heavy (non-hydrogen) atoms. The van der Waals surface area contributed by atoms with Crippen molar-refractivity contribution >= 4 is 17.4 Å². The predicted octanol–water partition coefficient (Wildman–Crippen LogP) is 3.89. The molecular weight excluding hydrogens is 288 g/mol. The quantitative estimate of drug-likeness (QED) is 0.726. The molecule has 1 heterocycles. The second-order valence-corrected chi connectivity index (χ2v) is 5.40. The number of rotatable bonds is 8. The van der Waals surface area contributed by atoms with Crippen LogP contribution in [-0.4, -0.2) is 22.6 Å². The van der Waals surface area contributed by atoms with Crippen LogP contribution in [0, 0.1) is 0 Å². The number of anilines is 2. The third-order valence-electron chi connectivity index (χ3n) is 3.63. The van der Waals surface area contributed by atoms with Crippen molar-refractivity contribution in [3.05, 3.63) is 47.7 Å². The molecule has 2 N–H and O–H groups in total. The number of unbranched alkanes of at least 4 members (excludes halogenated alkanes) is 2. The highest BCUT2D eigenvalue weighted by atomic mass is 16.1. The molecule has 0 aliphatic heterocycles. The fourth-order valence-corrected chi connectivity index (χ4v) is 2.28. The van der Waals surface area contributed by atoms with Crippen LogP contribution in [0.2, 0.25) is 0 Å². The number of aromatic nitrogens is 2. The van der Waals surface area contributed by atoms with Gasteiger partial charge in [-0.1, -0.05) is 44.9 Å². The number of carbonyl (C=O) groups excluding carboxylic acids is 1. The van der Waals surface area contributed by atoms with Crippen LogP contribution in [-0.2, 0) is 6.42 Å². The second-order valence-electron chi connectivity index (χ2n) is 5.40. The predicted molar refractivity (Wildman–Crippen MR) is 93.8 cm³/mol. The summed E-state index contributed by atoms with van der Waals surface area (Å²) >= 11 is 0. The van der Waals surface area contributed by atoms with Crippen LogP contribution < -0.4 is 10.6 Å². The standard InChI is InChI=1S/C18H24N4O/c1-3-5-8-13-19-17-12-11-16(21-22-17)18(23)20-15-10-7-6-9-14(15)4-2/h6-7,9-12H,3-5,8,13H2,1-2H3,(H,19,22)(H,20,23). The van der Waals surface area contributed by atoms with Gasteiger partial charge in [0.1, 0.15) is 5.82 Å². The fourth-order valence-electron chi connectivity index (χ4n) is 2.28. The van der Waals surface area contributed by atoms with Crippen LogP contribution in [0.1, 0.15) is 49.2 Å². The zero-order valence-corrected chi connectivity index (χ0v) is 13.8. The van der Waals surface area contributed by atoms with E-state index in [1.807, 2.05) is 24.3 Å². The molecule has 0 saturated carbocycles. The Bertz CT molecular complexity index is 625. The molecule has 0 bridgehead atoms. The lowest BCUT2D eigenvalue weighted by Crippen LogP contribution is -2.16. The van der Waals surface area contributed by atoms with Crippen molar-refractivity contribution in [1.29, 1.82) is 0 Å². The number of amides is 1. The highest BCUT2D eigenvalue weighted by Gasteiger charge is 2.10. The minimum atomic E-state index is -0.240. The van der Waals surface area contributed by atoms with E-state index in [-0.39, 0.29) is 5.91 Å². The summed E-state index contributed by atoms with van der Waals surface area (Å²) in [4.78, 5) is 12.3. The van der Waals surface area contributed by atoms with E-state index in [4.69, 9.17) is 0 Å². The van der Waals surface area contributed by atoms with E-state index in [1.165, 1.54) is 12.8 Å². The van der Waals surface area contributed by atoms with E-state index in [2.05, 4.69) is 34.7 Å². The lowest BCUT2D eigenvalue weighted by molar-refractivity contribution is 0.102. The first-order valence-corrected chi connectivity index (χ1v) is 8.21. The number of carbonyl (C=O) groups is 1. The summed E-state index contributed by atoms with van der Waals surface area (Å²) in [6.07, 6.45) is 4.35. The number of hydrogen-bond acceptors (Lipinski definition) is 4. The van der Waals surface area contributed by atoms with Gasteiger partial charge in [0.05, 0.1) is 0 Å². The summed E-state index contributed by atoms with van der Waals surface area (Å²) < 4.78 is 0. The molecule has 0 aliphatic rings. The van der Waals surface area contributed by atoms with Crippen LogP contribution in [0.5, 0.6) is 0 Å². The van der Waals surface area contributed by atoms with Crippen molar-refractivity contribution in [2.45, 2.75) is 39.5 Å². The first-order valence-electron chi connectivity index (χ1n) is 8.21. The lowest BCUT2D eigenvalue weighted by Gasteiger charge is -2.09. The van der Waals surface area contributed by atoms with Gasteiger partial charge in [-0.05, 0) is 36.6 Å². The van der Waals surface area contributed by atoms with Crippen molar-refractivity contribution in [3.8, 4) is 0 Å². The number of aryl methyl sites for hydroxylation is 1. The van der Waals surface area contributed by atoms with Crippen LogP contribution in [0.3, 0.4) is 0 Å². The van der Waals surface area contributed by atoms with Crippen LogP contribution in [0.15, 0.2) is 36.4 Å². The van der Waals surface area contributed by atoms with E-state index in [0.717, 1.165) is 30.6 Å².